The molecular formula is C14H18N2S. The number of hydrogen-bond donors (Lipinski definition) is 1. The molecule has 90 valence electrons. The van der Waals surface area contributed by atoms with Crippen LogP contribution in [0.3, 0.4) is 0 Å². The normalized spacial score (nSPS) is 18.9. The van der Waals surface area contributed by atoms with Gasteiger partial charge in [0.2, 0.25) is 0 Å². The van der Waals surface area contributed by atoms with Crippen LogP contribution in [0.25, 0.3) is 10.2 Å². The molecule has 0 aromatic carbocycles. The summed E-state index contributed by atoms with van der Waals surface area (Å²) in [6, 6.07) is 5.49. The van der Waals surface area contributed by atoms with Gasteiger partial charge < -0.3 is 5.32 Å². The third-order valence-electron chi connectivity index (χ3n) is 3.66. The second kappa shape index (κ2) is 4.75. The Kier molecular flexibility index (Phi) is 3.12. The van der Waals surface area contributed by atoms with Crippen LogP contribution in [-0.4, -0.2) is 11.0 Å². The molecule has 0 aliphatic heterocycles. The lowest BCUT2D eigenvalue weighted by Gasteiger charge is -2.19. The molecule has 1 aliphatic rings. The smallest absolute Gasteiger partial charge is 0.0809 e. The van der Waals surface area contributed by atoms with Crippen LogP contribution < -0.4 is 5.32 Å². The van der Waals surface area contributed by atoms with E-state index in [4.69, 9.17) is 0 Å². The number of rotatable bonds is 3. The van der Waals surface area contributed by atoms with Crippen LogP contribution in [0.4, 0.5) is 0 Å². The molecule has 1 unspecified atom stereocenters. The molecule has 3 heteroatoms. The fourth-order valence-electron chi connectivity index (χ4n) is 2.64. The molecule has 0 spiro atoms. The van der Waals surface area contributed by atoms with E-state index in [0.717, 1.165) is 5.52 Å². The van der Waals surface area contributed by atoms with Crippen molar-refractivity contribution in [3.63, 3.8) is 0 Å². The zero-order chi connectivity index (χ0) is 11.7. The number of thiophene rings is 1. The van der Waals surface area contributed by atoms with Crippen molar-refractivity contribution in [2.24, 2.45) is 0 Å². The van der Waals surface area contributed by atoms with Gasteiger partial charge in [-0.25, -0.2) is 0 Å². The molecule has 2 aromatic rings. The van der Waals surface area contributed by atoms with Gasteiger partial charge >= 0.3 is 0 Å². The average Bonchev–Trinajstić information content (AvgIpc) is 2.97. The average molecular weight is 246 g/mol. The van der Waals surface area contributed by atoms with Crippen LogP contribution in [0.15, 0.2) is 23.7 Å². The van der Waals surface area contributed by atoms with Gasteiger partial charge in [0.05, 0.1) is 10.2 Å². The van der Waals surface area contributed by atoms with Crippen molar-refractivity contribution in [2.45, 2.75) is 44.7 Å². The molecule has 0 radical (unpaired) electrons. The summed E-state index contributed by atoms with van der Waals surface area (Å²) in [7, 11) is 0. The first-order valence-corrected chi connectivity index (χ1v) is 7.30. The summed E-state index contributed by atoms with van der Waals surface area (Å²) >= 11 is 1.77. The minimum absolute atomic E-state index is 0.414. The van der Waals surface area contributed by atoms with Crippen molar-refractivity contribution in [2.75, 3.05) is 0 Å². The van der Waals surface area contributed by atoms with E-state index in [1.165, 1.54) is 35.9 Å². The van der Waals surface area contributed by atoms with E-state index in [-0.39, 0.29) is 0 Å². The van der Waals surface area contributed by atoms with E-state index >= 15 is 0 Å². The molecule has 2 heterocycles. The molecule has 1 aliphatic carbocycles. The van der Waals surface area contributed by atoms with Crippen LogP contribution in [0.1, 0.15) is 44.2 Å². The molecule has 1 atom stereocenters. The summed E-state index contributed by atoms with van der Waals surface area (Å²) in [6.45, 7) is 2.24. The van der Waals surface area contributed by atoms with Crippen LogP contribution >= 0.6 is 11.3 Å². The van der Waals surface area contributed by atoms with Crippen molar-refractivity contribution in [1.82, 2.24) is 10.3 Å². The molecule has 17 heavy (non-hydrogen) atoms. The predicted octanol–water partition coefficient (Wildman–Crippen LogP) is 3.89. The molecule has 0 saturated heterocycles. The Bertz CT molecular complexity index is 500. The summed E-state index contributed by atoms with van der Waals surface area (Å²) in [5, 5.41) is 5.82. The standard InChI is InChI=1S/C14H18N2S/c1-10(16-12-4-2-3-5-12)11-8-14-13(15-9-11)6-7-17-14/h6-10,12,16H,2-5H2,1H3. The molecule has 1 saturated carbocycles. The van der Waals surface area contributed by atoms with Gasteiger partial charge in [-0.1, -0.05) is 12.8 Å². The Labute approximate surface area is 106 Å². The Morgan fingerprint density at radius 3 is 3.06 bits per heavy atom. The topological polar surface area (TPSA) is 24.9 Å². The molecule has 0 amide bonds. The van der Waals surface area contributed by atoms with Crippen LogP contribution in [0.5, 0.6) is 0 Å². The molecule has 3 rings (SSSR count). The minimum atomic E-state index is 0.414. The highest BCUT2D eigenvalue weighted by Gasteiger charge is 2.17. The maximum atomic E-state index is 4.51. The first kappa shape index (κ1) is 11.2. The van der Waals surface area contributed by atoms with Gasteiger partial charge in [0, 0.05) is 18.3 Å². The Balaban J connectivity index is 1.77. The fourth-order valence-corrected chi connectivity index (χ4v) is 3.43. The van der Waals surface area contributed by atoms with Gasteiger partial charge in [0.15, 0.2) is 0 Å². The summed E-state index contributed by atoms with van der Waals surface area (Å²) in [6.07, 6.45) is 7.44. The minimum Gasteiger partial charge on any atom is -0.307 e. The van der Waals surface area contributed by atoms with E-state index in [2.05, 4.69) is 34.7 Å². The highest BCUT2D eigenvalue weighted by molar-refractivity contribution is 7.17. The summed E-state index contributed by atoms with van der Waals surface area (Å²) in [5.41, 5.74) is 2.43. The number of aromatic nitrogens is 1. The maximum Gasteiger partial charge on any atom is 0.0809 e. The lowest BCUT2D eigenvalue weighted by atomic mass is 10.1. The van der Waals surface area contributed by atoms with E-state index in [1.807, 2.05) is 6.20 Å². The molecule has 1 fully saturated rings. The van der Waals surface area contributed by atoms with Gasteiger partial charge in [-0.3, -0.25) is 4.98 Å². The third kappa shape index (κ3) is 2.35. The first-order chi connectivity index (χ1) is 8.33. The van der Waals surface area contributed by atoms with Crippen molar-refractivity contribution in [3.05, 3.63) is 29.3 Å². The zero-order valence-electron chi connectivity index (χ0n) is 10.1. The van der Waals surface area contributed by atoms with Gasteiger partial charge in [-0.15, -0.1) is 11.3 Å². The summed E-state index contributed by atoms with van der Waals surface area (Å²) in [4.78, 5) is 4.51. The number of hydrogen-bond acceptors (Lipinski definition) is 3. The van der Waals surface area contributed by atoms with E-state index in [1.54, 1.807) is 11.3 Å². The second-order valence-corrected chi connectivity index (χ2v) is 5.89. The Morgan fingerprint density at radius 2 is 2.24 bits per heavy atom. The molecule has 2 aromatic heterocycles. The lowest BCUT2D eigenvalue weighted by molar-refractivity contribution is 0.461. The van der Waals surface area contributed by atoms with Crippen LogP contribution in [0, 0.1) is 0 Å². The van der Waals surface area contributed by atoms with Crippen molar-refractivity contribution in [3.8, 4) is 0 Å². The first-order valence-electron chi connectivity index (χ1n) is 6.42. The monoisotopic (exact) mass is 246 g/mol. The van der Waals surface area contributed by atoms with E-state index in [0.29, 0.717) is 12.1 Å². The van der Waals surface area contributed by atoms with Gasteiger partial charge in [0.25, 0.3) is 0 Å². The van der Waals surface area contributed by atoms with Gasteiger partial charge in [-0.05, 0) is 42.8 Å². The lowest BCUT2D eigenvalue weighted by Crippen LogP contribution is -2.28. The number of fused-ring (bicyclic) bond motifs is 1. The summed E-state index contributed by atoms with van der Waals surface area (Å²) in [5.74, 6) is 0. The van der Waals surface area contributed by atoms with E-state index < -0.39 is 0 Å². The molecule has 0 bridgehead atoms. The Hall–Kier alpha value is -0.930. The van der Waals surface area contributed by atoms with Crippen molar-refractivity contribution >= 4 is 21.6 Å². The van der Waals surface area contributed by atoms with Crippen molar-refractivity contribution in [1.29, 1.82) is 0 Å². The number of nitrogens with one attached hydrogen (secondary N) is 1. The Morgan fingerprint density at radius 1 is 1.41 bits per heavy atom. The van der Waals surface area contributed by atoms with Crippen LogP contribution in [-0.2, 0) is 0 Å². The largest absolute Gasteiger partial charge is 0.307 e. The fraction of sp³-hybridized carbons (Fsp3) is 0.500. The van der Waals surface area contributed by atoms with Crippen molar-refractivity contribution < 1.29 is 0 Å². The zero-order valence-corrected chi connectivity index (χ0v) is 11.0. The number of nitrogens with zero attached hydrogens (tertiary/aromatic N) is 1. The third-order valence-corrected chi connectivity index (χ3v) is 4.52. The quantitative estimate of drug-likeness (QED) is 0.888. The SMILES string of the molecule is CC(NC1CCCC1)c1cnc2ccsc2c1. The van der Waals surface area contributed by atoms with Crippen LogP contribution in [0.2, 0.25) is 0 Å². The summed E-state index contributed by atoms with van der Waals surface area (Å²) < 4.78 is 1.29. The molecular weight excluding hydrogens is 228 g/mol. The van der Waals surface area contributed by atoms with Gasteiger partial charge in [0.1, 0.15) is 0 Å². The highest BCUT2D eigenvalue weighted by atomic mass is 32.1. The molecule has 1 N–H and O–H groups in total. The van der Waals surface area contributed by atoms with Gasteiger partial charge in [-0.2, -0.15) is 0 Å². The highest BCUT2D eigenvalue weighted by Crippen LogP contribution is 2.25. The van der Waals surface area contributed by atoms with E-state index in [9.17, 15) is 0 Å². The maximum absolute atomic E-state index is 4.51. The predicted molar refractivity (Wildman–Crippen MR) is 73.4 cm³/mol. The second-order valence-electron chi connectivity index (χ2n) is 4.94. The molecule has 2 nitrogen and oxygen atoms in total. The number of pyridine rings is 1.